The minimum absolute atomic E-state index is 0.0631. The van der Waals surface area contributed by atoms with E-state index in [1.54, 1.807) is 12.1 Å². The third-order valence-corrected chi connectivity index (χ3v) is 5.20. The number of methoxy groups -OCH3 is 1. The Kier molecular flexibility index (Phi) is 9.32. The Bertz CT molecular complexity index is 1100. The Labute approximate surface area is 207 Å². The summed E-state index contributed by atoms with van der Waals surface area (Å²) >= 11 is 0. The van der Waals surface area contributed by atoms with Crippen LogP contribution in [0.3, 0.4) is 0 Å². The maximum Gasteiger partial charge on any atom is 0.328 e. The van der Waals surface area contributed by atoms with Gasteiger partial charge in [-0.2, -0.15) is 0 Å². The van der Waals surface area contributed by atoms with Gasteiger partial charge in [-0.15, -0.1) is 0 Å². The lowest BCUT2D eigenvalue weighted by Crippen LogP contribution is -2.48. The summed E-state index contributed by atoms with van der Waals surface area (Å²) in [5.41, 5.74) is 0.173. The molecule has 12 heteroatoms. The van der Waals surface area contributed by atoms with Gasteiger partial charge in [0.05, 0.1) is 19.2 Å². The number of hydrogen-bond acceptors (Lipinski definition) is 9. The quantitative estimate of drug-likeness (QED) is 0.238. The number of carbonyl (C=O) groups is 3. The largest absolute Gasteiger partial charge is 0.507 e. The Morgan fingerprint density at radius 3 is 2.50 bits per heavy atom. The number of phenolic OH excluding ortho intramolecular Hbond substituents is 1. The lowest BCUT2D eigenvalue weighted by atomic mass is 10.1. The summed E-state index contributed by atoms with van der Waals surface area (Å²) in [7, 11) is 1.49. The highest BCUT2D eigenvalue weighted by Gasteiger charge is 2.22. The van der Waals surface area contributed by atoms with E-state index in [1.807, 2.05) is 0 Å². The van der Waals surface area contributed by atoms with E-state index in [2.05, 4.69) is 26.3 Å². The van der Waals surface area contributed by atoms with E-state index in [0.29, 0.717) is 24.7 Å². The first-order valence-corrected chi connectivity index (χ1v) is 11.3. The fourth-order valence-corrected chi connectivity index (χ4v) is 3.26. The molecule has 2 aromatic rings. The molecule has 0 aromatic heterocycles. The zero-order valence-electron chi connectivity index (χ0n) is 19.7. The maximum atomic E-state index is 12.5. The van der Waals surface area contributed by atoms with E-state index in [4.69, 9.17) is 9.47 Å². The van der Waals surface area contributed by atoms with Crippen LogP contribution in [0.5, 0.6) is 17.2 Å². The van der Waals surface area contributed by atoms with Crippen molar-refractivity contribution in [1.29, 1.82) is 0 Å². The molecular formula is C24H29N5O7. The fraction of sp³-hybridized carbons (Fsp3) is 0.333. The molecule has 192 valence electrons. The van der Waals surface area contributed by atoms with Crippen LogP contribution in [-0.2, 0) is 4.79 Å². The highest BCUT2D eigenvalue weighted by Crippen LogP contribution is 2.23. The predicted molar refractivity (Wildman–Crippen MR) is 131 cm³/mol. The van der Waals surface area contributed by atoms with Gasteiger partial charge in [-0.3, -0.25) is 14.6 Å². The molecule has 0 unspecified atom stereocenters. The molecule has 0 radical (unpaired) electrons. The van der Waals surface area contributed by atoms with E-state index in [9.17, 15) is 24.6 Å². The molecular weight excluding hydrogens is 470 g/mol. The fourth-order valence-electron chi connectivity index (χ4n) is 3.26. The number of carbonyl (C=O) groups excluding carboxylic acids is 2. The molecule has 2 amide bonds. The molecule has 12 nitrogen and oxygen atoms in total. The Morgan fingerprint density at radius 1 is 1.11 bits per heavy atom. The number of aliphatic imine (C=N–C) groups is 1. The number of nitrogens with one attached hydrogen (secondary N) is 4. The maximum absolute atomic E-state index is 12.5. The third-order valence-electron chi connectivity index (χ3n) is 5.20. The van der Waals surface area contributed by atoms with E-state index >= 15 is 0 Å². The van der Waals surface area contributed by atoms with E-state index < -0.39 is 30.4 Å². The summed E-state index contributed by atoms with van der Waals surface area (Å²) in [6, 6.07) is 8.92. The molecule has 0 saturated carbocycles. The van der Waals surface area contributed by atoms with Crippen LogP contribution in [0.2, 0.25) is 0 Å². The minimum Gasteiger partial charge on any atom is -0.507 e. The monoisotopic (exact) mass is 499 g/mol. The summed E-state index contributed by atoms with van der Waals surface area (Å²) in [5.74, 6) is -1.34. The van der Waals surface area contributed by atoms with Crippen LogP contribution < -0.4 is 30.7 Å². The molecule has 1 heterocycles. The van der Waals surface area contributed by atoms with E-state index in [0.717, 1.165) is 25.5 Å². The van der Waals surface area contributed by atoms with Crippen LogP contribution in [0.1, 0.15) is 27.1 Å². The molecule has 2 aromatic carbocycles. The molecule has 6 N–H and O–H groups in total. The smallest absolute Gasteiger partial charge is 0.328 e. The van der Waals surface area contributed by atoms with Crippen molar-refractivity contribution in [2.45, 2.75) is 12.5 Å². The number of ether oxygens (including phenoxy) is 2. The summed E-state index contributed by atoms with van der Waals surface area (Å²) in [6.07, 6.45) is 0.996. The van der Waals surface area contributed by atoms with E-state index in [-0.39, 0.29) is 16.9 Å². The van der Waals surface area contributed by atoms with Crippen molar-refractivity contribution in [3.05, 3.63) is 53.6 Å². The minimum atomic E-state index is -1.39. The van der Waals surface area contributed by atoms with Gasteiger partial charge in [0.1, 0.15) is 29.9 Å². The average molecular weight is 500 g/mol. The Morgan fingerprint density at radius 2 is 1.86 bits per heavy atom. The number of carboxylic acids is 1. The number of guanidine groups is 1. The van der Waals surface area contributed by atoms with Crippen molar-refractivity contribution >= 4 is 23.7 Å². The summed E-state index contributed by atoms with van der Waals surface area (Å²) in [4.78, 5) is 40.7. The van der Waals surface area contributed by atoms with Gasteiger partial charge in [0.15, 0.2) is 5.96 Å². The Balaban J connectivity index is 1.49. The first-order chi connectivity index (χ1) is 17.4. The number of hydrogen-bond donors (Lipinski definition) is 6. The summed E-state index contributed by atoms with van der Waals surface area (Å²) in [6.45, 7) is 2.05. The SMILES string of the molecule is COc1ccc(C(=O)N[C@@H](CNC(=O)c2ccc(OCCNC3=NCCCN3)cc2O)C(=O)O)cc1. The normalized spacial score (nSPS) is 13.4. The predicted octanol–water partition coefficient (Wildman–Crippen LogP) is 0.332. The summed E-state index contributed by atoms with van der Waals surface area (Å²) < 4.78 is 10.6. The van der Waals surface area contributed by atoms with Crippen LogP contribution in [-0.4, -0.2) is 79.9 Å². The second-order valence-corrected chi connectivity index (χ2v) is 7.77. The van der Waals surface area contributed by atoms with Gasteiger partial charge >= 0.3 is 5.97 Å². The lowest BCUT2D eigenvalue weighted by molar-refractivity contribution is -0.139. The first kappa shape index (κ1) is 26.1. The third kappa shape index (κ3) is 7.52. The molecule has 3 rings (SSSR count). The highest BCUT2D eigenvalue weighted by molar-refractivity contribution is 5.98. The van der Waals surface area contributed by atoms with Gasteiger partial charge in [-0.25, -0.2) is 4.79 Å². The number of aromatic hydroxyl groups is 1. The van der Waals surface area contributed by atoms with Crippen molar-refractivity contribution in [2.75, 3.05) is 39.9 Å². The van der Waals surface area contributed by atoms with Crippen molar-refractivity contribution in [2.24, 2.45) is 4.99 Å². The molecule has 0 saturated heterocycles. The van der Waals surface area contributed by atoms with Gasteiger partial charge < -0.3 is 41.0 Å². The number of benzene rings is 2. The molecule has 1 atom stereocenters. The molecule has 0 aliphatic carbocycles. The molecule has 1 aliphatic rings. The van der Waals surface area contributed by atoms with Crippen molar-refractivity contribution in [3.63, 3.8) is 0 Å². The molecule has 0 fully saturated rings. The van der Waals surface area contributed by atoms with Crippen LogP contribution in [0.15, 0.2) is 47.5 Å². The second kappa shape index (κ2) is 12.8. The highest BCUT2D eigenvalue weighted by atomic mass is 16.5. The summed E-state index contributed by atoms with van der Waals surface area (Å²) in [5, 5.41) is 30.7. The number of nitrogens with zero attached hydrogens (tertiary/aromatic N) is 1. The Hall–Kier alpha value is -4.48. The topological polar surface area (TPSA) is 171 Å². The van der Waals surface area contributed by atoms with Crippen LogP contribution in [0.4, 0.5) is 0 Å². The number of aliphatic carboxylic acids is 1. The number of phenols is 1. The lowest BCUT2D eigenvalue weighted by Gasteiger charge is -2.17. The van der Waals surface area contributed by atoms with Gasteiger partial charge in [0.2, 0.25) is 0 Å². The van der Waals surface area contributed by atoms with Crippen molar-refractivity contribution < 1.29 is 34.1 Å². The molecule has 0 spiro atoms. The van der Waals surface area contributed by atoms with Gasteiger partial charge in [-0.05, 0) is 42.8 Å². The molecule has 1 aliphatic heterocycles. The van der Waals surface area contributed by atoms with Crippen molar-refractivity contribution in [1.82, 2.24) is 21.3 Å². The van der Waals surface area contributed by atoms with E-state index in [1.165, 1.54) is 37.4 Å². The standard InChI is InChI=1S/C24H29N5O7/c1-35-16-5-3-15(4-6-16)21(31)29-19(23(33)34)14-28-22(32)18-8-7-17(13-20(18)30)36-12-11-27-24-25-9-2-10-26-24/h3-8,13,19,30H,2,9-12,14H2,1H3,(H,28,32)(H,29,31)(H,33,34)(H2,25,26,27)/t19-/m0/s1. The van der Waals surface area contributed by atoms with Crippen LogP contribution in [0, 0.1) is 0 Å². The van der Waals surface area contributed by atoms with Gasteiger partial charge in [-0.1, -0.05) is 0 Å². The van der Waals surface area contributed by atoms with Gasteiger partial charge in [0, 0.05) is 31.3 Å². The average Bonchev–Trinajstić information content (AvgIpc) is 2.89. The zero-order chi connectivity index (χ0) is 25.9. The van der Waals surface area contributed by atoms with Crippen LogP contribution >= 0.6 is 0 Å². The number of carboxylic acid groups (broad SMARTS) is 1. The van der Waals surface area contributed by atoms with Crippen molar-refractivity contribution in [3.8, 4) is 17.2 Å². The zero-order valence-corrected chi connectivity index (χ0v) is 19.7. The van der Waals surface area contributed by atoms with Gasteiger partial charge in [0.25, 0.3) is 11.8 Å². The van der Waals surface area contributed by atoms with Crippen LogP contribution in [0.25, 0.3) is 0 Å². The molecule has 0 bridgehead atoms. The second-order valence-electron chi connectivity index (χ2n) is 7.77. The first-order valence-electron chi connectivity index (χ1n) is 11.3. The number of amides is 2. The molecule has 36 heavy (non-hydrogen) atoms. The number of rotatable bonds is 11.